The van der Waals surface area contributed by atoms with E-state index in [2.05, 4.69) is 44.2 Å². The van der Waals surface area contributed by atoms with Crippen LogP contribution in [-0.2, 0) is 17.8 Å². The fourth-order valence-corrected chi connectivity index (χ4v) is 4.79. The number of anilines is 3. The SMILES string of the molecule is C=CC(=O)N1CCC[C@@H](Nc2nc(Nc3ccc4c(c3)CN(CC3CC3)CC4)ncc2F)C1. The molecule has 1 aromatic carbocycles. The van der Waals surface area contributed by atoms with Gasteiger partial charge in [-0.05, 0) is 67.4 Å². The van der Waals surface area contributed by atoms with Crippen molar-refractivity contribution in [2.75, 3.05) is 36.8 Å². The maximum absolute atomic E-state index is 14.4. The van der Waals surface area contributed by atoms with Crippen molar-refractivity contribution in [3.05, 3.63) is 54.0 Å². The van der Waals surface area contributed by atoms with Gasteiger partial charge < -0.3 is 15.5 Å². The monoisotopic (exact) mass is 450 g/mol. The molecule has 3 heterocycles. The summed E-state index contributed by atoms with van der Waals surface area (Å²) in [4.78, 5) is 24.7. The summed E-state index contributed by atoms with van der Waals surface area (Å²) in [7, 11) is 0. The van der Waals surface area contributed by atoms with Crippen LogP contribution in [0.4, 0.5) is 21.8 Å². The number of aromatic nitrogens is 2. The largest absolute Gasteiger partial charge is 0.363 e. The van der Waals surface area contributed by atoms with Crippen molar-refractivity contribution in [3.8, 4) is 0 Å². The number of carbonyl (C=O) groups is 1. The van der Waals surface area contributed by atoms with Crippen LogP contribution < -0.4 is 10.6 Å². The van der Waals surface area contributed by atoms with Crippen LogP contribution in [0, 0.1) is 11.7 Å². The van der Waals surface area contributed by atoms with Crippen molar-refractivity contribution in [1.82, 2.24) is 19.8 Å². The molecular weight excluding hydrogens is 419 g/mol. The highest BCUT2D eigenvalue weighted by Gasteiger charge is 2.26. The first-order valence-corrected chi connectivity index (χ1v) is 11.9. The van der Waals surface area contributed by atoms with Crippen LogP contribution in [0.2, 0.25) is 0 Å². The molecule has 1 aromatic heterocycles. The van der Waals surface area contributed by atoms with Gasteiger partial charge in [-0.25, -0.2) is 9.37 Å². The maximum Gasteiger partial charge on any atom is 0.246 e. The molecule has 3 aliphatic rings. The minimum atomic E-state index is -0.506. The Kier molecular flexibility index (Phi) is 6.26. The van der Waals surface area contributed by atoms with Crippen LogP contribution in [0.15, 0.2) is 37.1 Å². The van der Waals surface area contributed by atoms with Crippen molar-refractivity contribution in [3.63, 3.8) is 0 Å². The fourth-order valence-electron chi connectivity index (χ4n) is 4.79. The minimum absolute atomic E-state index is 0.0684. The molecule has 0 radical (unpaired) electrons. The molecule has 2 aliphatic heterocycles. The Hall–Kier alpha value is -3.00. The Bertz CT molecular complexity index is 1040. The molecule has 5 rings (SSSR count). The number of nitrogens with zero attached hydrogens (tertiary/aromatic N) is 4. The Morgan fingerprint density at radius 2 is 2.12 bits per heavy atom. The molecule has 174 valence electrons. The zero-order valence-corrected chi connectivity index (χ0v) is 18.9. The van der Waals surface area contributed by atoms with Crippen LogP contribution >= 0.6 is 0 Å². The first kappa shape index (κ1) is 21.8. The van der Waals surface area contributed by atoms with Crippen molar-refractivity contribution in [2.24, 2.45) is 5.92 Å². The van der Waals surface area contributed by atoms with Crippen LogP contribution in [0.1, 0.15) is 36.8 Å². The molecule has 1 aliphatic carbocycles. The van der Waals surface area contributed by atoms with E-state index in [1.54, 1.807) is 4.90 Å². The number of rotatable bonds is 7. The average Bonchev–Trinajstić information content (AvgIpc) is 3.65. The molecule has 33 heavy (non-hydrogen) atoms. The lowest BCUT2D eigenvalue weighted by atomic mass is 9.99. The average molecular weight is 451 g/mol. The van der Waals surface area contributed by atoms with Gasteiger partial charge in [-0.3, -0.25) is 9.69 Å². The summed E-state index contributed by atoms with van der Waals surface area (Å²) in [6.07, 6.45) is 8.01. The number of hydrogen-bond donors (Lipinski definition) is 2. The van der Waals surface area contributed by atoms with Crippen LogP contribution in [0.3, 0.4) is 0 Å². The maximum atomic E-state index is 14.4. The molecule has 0 unspecified atom stereocenters. The van der Waals surface area contributed by atoms with E-state index in [4.69, 9.17) is 0 Å². The summed E-state index contributed by atoms with van der Waals surface area (Å²) in [5.74, 6) is 0.778. The zero-order chi connectivity index (χ0) is 22.8. The molecule has 7 nitrogen and oxygen atoms in total. The van der Waals surface area contributed by atoms with Crippen molar-refractivity contribution >= 4 is 23.4 Å². The van der Waals surface area contributed by atoms with Crippen molar-refractivity contribution in [2.45, 2.75) is 44.7 Å². The van der Waals surface area contributed by atoms with Gasteiger partial charge in [-0.2, -0.15) is 4.98 Å². The molecule has 2 fully saturated rings. The Morgan fingerprint density at radius 3 is 2.94 bits per heavy atom. The molecule has 1 saturated carbocycles. The van der Waals surface area contributed by atoms with Gasteiger partial charge in [0.15, 0.2) is 11.6 Å². The predicted molar refractivity (Wildman–Crippen MR) is 127 cm³/mol. The van der Waals surface area contributed by atoms with Gasteiger partial charge in [0.25, 0.3) is 0 Å². The van der Waals surface area contributed by atoms with E-state index in [0.717, 1.165) is 44.0 Å². The smallest absolute Gasteiger partial charge is 0.246 e. The summed E-state index contributed by atoms with van der Waals surface area (Å²) in [6, 6.07) is 6.30. The van der Waals surface area contributed by atoms with E-state index in [0.29, 0.717) is 19.0 Å². The molecule has 0 spiro atoms. The third-order valence-electron chi connectivity index (χ3n) is 6.76. The van der Waals surface area contributed by atoms with Crippen molar-refractivity contribution in [1.29, 1.82) is 0 Å². The second-order valence-corrected chi connectivity index (χ2v) is 9.40. The number of fused-ring (bicyclic) bond motifs is 1. The van der Waals surface area contributed by atoms with Gasteiger partial charge in [0, 0.05) is 44.5 Å². The molecule has 2 N–H and O–H groups in total. The van der Waals surface area contributed by atoms with E-state index in [1.165, 1.54) is 42.8 Å². The molecule has 2 aromatic rings. The van der Waals surface area contributed by atoms with Crippen LogP contribution in [0.5, 0.6) is 0 Å². The summed E-state index contributed by atoms with van der Waals surface area (Å²) in [5.41, 5.74) is 3.63. The van der Waals surface area contributed by atoms with E-state index in [1.807, 2.05) is 6.07 Å². The highest BCUT2D eigenvalue weighted by atomic mass is 19.1. The first-order valence-electron chi connectivity index (χ1n) is 11.9. The number of nitrogens with one attached hydrogen (secondary N) is 2. The normalized spacial score (nSPS) is 20.8. The number of carbonyl (C=O) groups excluding carboxylic acids is 1. The molecule has 1 atom stereocenters. The van der Waals surface area contributed by atoms with Crippen LogP contribution in [-0.4, -0.2) is 57.9 Å². The van der Waals surface area contributed by atoms with E-state index in [9.17, 15) is 9.18 Å². The lowest BCUT2D eigenvalue weighted by Gasteiger charge is -2.32. The fraction of sp³-hybridized carbons (Fsp3) is 0.480. The van der Waals surface area contributed by atoms with Gasteiger partial charge in [0.2, 0.25) is 11.9 Å². The summed E-state index contributed by atoms with van der Waals surface area (Å²) in [5, 5.41) is 6.40. The third kappa shape index (κ3) is 5.33. The highest BCUT2D eigenvalue weighted by molar-refractivity contribution is 5.87. The molecule has 0 bridgehead atoms. The minimum Gasteiger partial charge on any atom is -0.363 e. The predicted octanol–water partition coefficient (Wildman–Crippen LogP) is 3.72. The highest BCUT2D eigenvalue weighted by Crippen LogP contribution is 2.32. The Labute approximate surface area is 194 Å². The first-order chi connectivity index (χ1) is 16.1. The van der Waals surface area contributed by atoms with Gasteiger partial charge in [0.05, 0.1) is 6.20 Å². The summed E-state index contributed by atoms with van der Waals surface area (Å²) < 4.78 is 14.4. The standard InChI is InChI=1S/C25H31FN6O/c1-2-23(33)32-10-3-4-21(16-32)28-24-22(26)13-27-25(30-24)29-20-8-7-18-9-11-31(14-17-5-6-17)15-19(18)12-20/h2,7-8,12-13,17,21H,1,3-6,9-11,14-16H2,(H2,27,28,29,30)/t21-/m1/s1. The lowest BCUT2D eigenvalue weighted by Crippen LogP contribution is -2.44. The topological polar surface area (TPSA) is 73.4 Å². The number of likely N-dealkylation sites (tertiary alicyclic amines) is 1. The lowest BCUT2D eigenvalue weighted by molar-refractivity contribution is -0.127. The van der Waals surface area contributed by atoms with E-state index < -0.39 is 5.82 Å². The number of amides is 1. The van der Waals surface area contributed by atoms with Gasteiger partial charge in [0.1, 0.15) is 0 Å². The second-order valence-electron chi connectivity index (χ2n) is 9.40. The molecule has 8 heteroatoms. The molecular formula is C25H31FN6O. The molecule has 1 saturated heterocycles. The second kappa shape index (κ2) is 9.47. The third-order valence-corrected chi connectivity index (χ3v) is 6.76. The van der Waals surface area contributed by atoms with Crippen molar-refractivity contribution < 1.29 is 9.18 Å². The Balaban J connectivity index is 1.26. The van der Waals surface area contributed by atoms with Gasteiger partial charge >= 0.3 is 0 Å². The van der Waals surface area contributed by atoms with Gasteiger partial charge in [-0.15, -0.1) is 0 Å². The van der Waals surface area contributed by atoms with E-state index >= 15 is 0 Å². The summed E-state index contributed by atoms with van der Waals surface area (Å²) in [6.45, 7) is 8.04. The number of benzene rings is 1. The number of hydrogen-bond acceptors (Lipinski definition) is 6. The number of piperidine rings is 1. The van der Waals surface area contributed by atoms with E-state index in [-0.39, 0.29) is 17.8 Å². The zero-order valence-electron chi connectivity index (χ0n) is 18.9. The quantitative estimate of drug-likeness (QED) is 0.627. The summed E-state index contributed by atoms with van der Waals surface area (Å²) >= 11 is 0. The van der Waals surface area contributed by atoms with Gasteiger partial charge in [-0.1, -0.05) is 12.6 Å². The van der Waals surface area contributed by atoms with Crippen LogP contribution in [0.25, 0.3) is 0 Å². The Morgan fingerprint density at radius 1 is 1.24 bits per heavy atom. The number of halogens is 1. The molecule has 1 amide bonds.